The van der Waals surface area contributed by atoms with Crippen LogP contribution in [0, 0.1) is 45.3 Å². The topological polar surface area (TPSA) is 95.2 Å². The molecule has 0 saturated heterocycles. The molecular weight excluding hydrogens is 633 g/mol. The normalized spacial score (nSPS) is 12.4. The van der Waals surface area contributed by atoms with Crippen molar-refractivity contribution in [2.24, 2.45) is 0 Å². The van der Waals surface area contributed by atoms with E-state index in [2.05, 4.69) is 24.3 Å². The zero-order chi connectivity index (χ0) is 35.3. The van der Waals surface area contributed by atoms with Crippen molar-refractivity contribution in [1.29, 1.82) is 21.0 Å². The lowest BCUT2D eigenvalue weighted by Gasteiger charge is -2.34. The molecule has 0 aromatic rings. The van der Waals surface area contributed by atoms with Crippen molar-refractivity contribution in [3.63, 3.8) is 0 Å². The van der Waals surface area contributed by atoms with Crippen molar-refractivity contribution in [2.45, 2.75) is 0 Å². The van der Waals surface area contributed by atoms with E-state index < -0.39 is 0 Å². The Morgan fingerprint density at radius 2 is 0.423 bits per heavy atom. The number of nitrogens with zero attached hydrogens (tertiary/aromatic N) is 4. The third-order valence-electron chi connectivity index (χ3n) is 10.2. The Hall–Kier alpha value is -7.76. The largest absolute Gasteiger partial charge is 0.192 e. The third-order valence-corrected chi connectivity index (χ3v) is 10.2. The molecule has 52 heavy (non-hydrogen) atoms. The van der Waals surface area contributed by atoms with Crippen LogP contribution in [0.5, 0.6) is 0 Å². The predicted octanol–water partition coefficient (Wildman–Crippen LogP) is 11.1. The molecule has 9 aliphatic rings. The highest BCUT2D eigenvalue weighted by atomic mass is 14.4. The van der Waals surface area contributed by atoms with Gasteiger partial charge in [-0.05, 0) is 91.1 Å². The van der Waals surface area contributed by atoms with Crippen LogP contribution in [0.15, 0.2) is 146 Å². The van der Waals surface area contributed by atoms with E-state index >= 15 is 0 Å². The summed E-state index contributed by atoms with van der Waals surface area (Å²) in [4.78, 5) is 0. The van der Waals surface area contributed by atoms with Gasteiger partial charge in [0, 0.05) is 22.3 Å². The maximum atomic E-state index is 10.4. The number of hydrogen-bond acceptors (Lipinski definition) is 4. The highest BCUT2D eigenvalue weighted by molar-refractivity contribution is 6.46. The Morgan fingerprint density at radius 3 is 0.615 bits per heavy atom. The van der Waals surface area contributed by atoms with Crippen LogP contribution in [0.1, 0.15) is 44.5 Å². The highest BCUT2D eigenvalue weighted by Crippen LogP contribution is 2.63. The standard InChI is InChI=1S/C48H24N4/c49-25-29-21-41(37-17-9-1-5-13-33(29)37)45-46(42-22-30(26-50)34-14-6-2-10-18-38(34)42)48(44-24-32(28-52)36-16-8-4-12-20-40(36)44)47(45)43-23-31(27-51)35-15-7-3-11-19-39(35)43/h1-24H. The van der Waals surface area contributed by atoms with Crippen molar-refractivity contribution in [3.8, 4) is 68.8 Å². The monoisotopic (exact) mass is 656 g/mol. The summed E-state index contributed by atoms with van der Waals surface area (Å²) in [6.45, 7) is 0. The van der Waals surface area contributed by atoms with Gasteiger partial charge in [0.05, 0.1) is 46.5 Å². The van der Waals surface area contributed by atoms with Gasteiger partial charge < -0.3 is 0 Å². The molecule has 0 amide bonds. The number of allylic oxidation sites excluding steroid dienone is 4. The average molecular weight is 657 g/mol. The Balaban J connectivity index is 1.48. The van der Waals surface area contributed by atoms with E-state index in [1.807, 2.05) is 146 Å². The molecule has 0 spiro atoms. The Morgan fingerprint density at radius 1 is 0.231 bits per heavy atom. The molecule has 0 saturated carbocycles. The van der Waals surface area contributed by atoms with Crippen molar-refractivity contribution in [1.82, 2.24) is 0 Å². The summed E-state index contributed by atoms with van der Waals surface area (Å²) in [6, 6.07) is 57.2. The molecule has 0 bridgehead atoms. The lowest BCUT2D eigenvalue weighted by Crippen LogP contribution is -2.10. The van der Waals surface area contributed by atoms with Crippen LogP contribution in [0.3, 0.4) is 0 Å². The van der Waals surface area contributed by atoms with Crippen molar-refractivity contribution in [2.75, 3.05) is 0 Å². The van der Waals surface area contributed by atoms with Gasteiger partial charge >= 0.3 is 0 Å². The minimum Gasteiger partial charge on any atom is -0.192 e. The van der Waals surface area contributed by atoms with E-state index in [0.29, 0.717) is 22.3 Å². The fourth-order valence-electron chi connectivity index (χ4n) is 7.98. The van der Waals surface area contributed by atoms with Gasteiger partial charge in [-0.2, -0.15) is 21.0 Å². The van der Waals surface area contributed by atoms with Gasteiger partial charge in [-0.3, -0.25) is 0 Å². The van der Waals surface area contributed by atoms with Gasteiger partial charge in [-0.15, -0.1) is 0 Å². The molecule has 0 aromatic heterocycles. The van der Waals surface area contributed by atoms with E-state index in [-0.39, 0.29) is 0 Å². The lowest BCUT2D eigenvalue weighted by molar-refractivity contribution is 1.50. The van der Waals surface area contributed by atoms with E-state index in [9.17, 15) is 21.0 Å². The van der Waals surface area contributed by atoms with Crippen LogP contribution >= 0.6 is 0 Å². The number of fused-ring (bicyclic) bond motifs is 4. The van der Waals surface area contributed by atoms with Crippen molar-refractivity contribution >= 4 is 22.3 Å². The molecule has 0 heterocycles. The van der Waals surface area contributed by atoms with Gasteiger partial charge in [-0.1, -0.05) is 121 Å². The molecule has 0 radical (unpaired) electrons. The predicted molar refractivity (Wildman–Crippen MR) is 205 cm³/mol. The highest BCUT2D eigenvalue weighted by Gasteiger charge is 2.40. The van der Waals surface area contributed by atoms with E-state index in [0.717, 1.165) is 89.1 Å². The first kappa shape index (κ1) is 30.3. The first-order chi connectivity index (χ1) is 25.7. The molecule has 0 N–H and O–H groups in total. The number of nitriles is 4. The summed E-state index contributed by atoms with van der Waals surface area (Å²) in [6.07, 6.45) is 0. The number of hydrogen-bond donors (Lipinski definition) is 0. The maximum Gasteiger partial charge on any atom is 0.0998 e. The minimum atomic E-state index is 0.561. The second-order valence-corrected chi connectivity index (χ2v) is 12.8. The minimum absolute atomic E-state index is 0.561. The third kappa shape index (κ3) is 4.37. The Bertz CT molecular complexity index is 2490. The molecule has 9 aliphatic carbocycles. The molecule has 0 unspecified atom stereocenters. The summed E-state index contributed by atoms with van der Waals surface area (Å²) in [5.74, 6) is 0. The molecule has 0 aromatic carbocycles. The summed E-state index contributed by atoms with van der Waals surface area (Å²) >= 11 is 0. The molecule has 4 nitrogen and oxygen atoms in total. The van der Waals surface area contributed by atoms with Crippen LogP contribution in [0.2, 0.25) is 0 Å². The van der Waals surface area contributed by atoms with Crippen LogP contribution in [0.4, 0.5) is 0 Å². The molecular formula is C48H24N4. The van der Waals surface area contributed by atoms with E-state index in [1.165, 1.54) is 0 Å². The van der Waals surface area contributed by atoms with Gasteiger partial charge in [0.15, 0.2) is 0 Å². The summed E-state index contributed by atoms with van der Waals surface area (Å²) in [5.41, 5.74) is 16.5. The Labute approximate surface area is 301 Å². The second-order valence-electron chi connectivity index (χ2n) is 12.8. The SMILES string of the molecule is N#Cc1cc(C2=C(c3cc(C#N)c4cccccc3-4)C(c3cc(C#N)c4cccccc3-4)=C2c2cc(C#N)c3cccccc2-3)c2cccccc1-2. The molecule has 0 atom stereocenters. The summed E-state index contributed by atoms with van der Waals surface area (Å²) < 4.78 is 0. The quantitative estimate of drug-likeness (QED) is 0.188. The molecule has 0 aliphatic heterocycles. The van der Waals surface area contributed by atoms with Crippen LogP contribution in [0.25, 0.3) is 66.8 Å². The van der Waals surface area contributed by atoms with Crippen LogP contribution in [-0.2, 0) is 0 Å². The van der Waals surface area contributed by atoms with Crippen molar-refractivity contribution < 1.29 is 0 Å². The van der Waals surface area contributed by atoms with Crippen molar-refractivity contribution in [3.05, 3.63) is 190 Å². The maximum absolute atomic E-state index is 10.4. The molecule has 9 rings (SSSR count). The van der Waals surface area contributed by atoms with E-state index in [4.69, 9.17) is 0 Å². The van der Waals surface area contributed by atoms with Gasteiger partial charge in [-0.25, -0.2) is 0 Å². The smallest absolute Gasteiger partial charge is 0.0998 e. The van der Waals surface area contributed by atoms with Gasteiger partial charge in [0.2, 0.25) is 0 Å². The van der Waals surface area contributed by atoms with Crippen LogP contribution < -0.4 is 0 Å². The lowest BCUT2D eigenvalue weighted by atomic mass is 9.68. The molecule has 0 fully saturated rings. The second kappa shape index (κ2) is 12.0. The van der Waals surface area contributed by atoms with Crippen LogP contribution in [-0.4, -0.2) is 0 Å². The zero-order valence-electron chi connectivity index (χ0n) is 27.6. The average Bonchev–Trinajstić information content (AvgIpc) is 3.55. The van der Waals surface area contributed by atoms with Gasteiger partial charge in [0.1, 0.15) is 0 Å². The zero-order valence-corrected chi connectivity index (χ0v) is 27.6. The summed E-state index contributed by atoms with van der Waals surface area (Å²) in [7, 11) is 0. The fourth-order valence-corrected chi connectivity index (χ4v) is 7.98. The molecule has 236 valence electrons. The van der Waals surface area contributed by atoms with E-state index in [1.54, 1.807) is 0 Å². The first-order valence-corrected chi connectivity index (χ1v) is 16.8. The van der Waals surface area contributed by atoms with Gasteiger partial charge in [0.25, 0.3) is 0 Å². The summed E-state index contributed by atoms with van der Waals surface area (Å²) in [5, 5.41) is 41.6. The number of rotatable bonds is 4. The molecule has 4 heteroatoms. The Kier molecular flexibility index (Phi) is 6.98. The fraction of sp³-hybridized carbons (Fsp3) is 0. The first-order valence-electron chi connectivity index (χ1n) is 16.8.